The number of hydrogen-bond acceptors (Lipinski definition) is 5. The molecule has 0 saturated carbocycles. The van der Waals surface area contributed by atoms with Crippen LogP contribution in [0.15, 0.2) is 17.6 Å². The van der Waals surface area contributed by atoms with Crippen molar-refractivity contribution in [2.45, 2.75) is 33.7 Å². The molecule has 0 aliphatic heterocycles. The number of aryl methyl sites for hydroxylation is 3. The van der Waals surface area contributed by atoms with Crippen LogP contribution in [0.3, 0.4) is 0 Å². The van der Waals surface area contributed by atoms with Crippen molar-refractivity contribution >= 4 is 22.7 Å². The number of thiazole rings is 1. The average Bonchev–Trinajstić information content (AvgIpc) is 2.78. The average molecular weight is 291 g/mol. The molecule has 20 heavy (non-hydrogen) atoms. The fraction of sp³-hybridized carbons (Fsp3) is 0.357. The summed E-state index contributed by atoms with van der Waals surface area (Å²) in [7, 11) is 0. The molecule has 1 N–H and O–H groups in total. The molecule has 1 aromatic carbocycles. The first-order valence-corrected chi connectivity index (χ1v) is 7.20. The SMILES string of the molecule is Cc1cc(C)c([N+](=O)[O-])cc1NC(C)c1scnc1C. The van der Waals surface area contributed by atoms with Crippen LogP contribution in [-0.4, -0.2) is 9.91 Å². The summed E-state index contributed by atoms with van der Waals surface area (Å²) >= 11 is 1.59. The maximum absolute atomic E-state index is 11.0. The molecule has 0 saturated heterocycles. The number of nitro benzene ring substituents is 1. The molecule has 0 aliphatic carbocycles. The van der Waals surface area contributed by atoms with Gasteiger partial charge in [0.05, 0.1) is 22.2 Å². The predicted octanol–water partition coefficient (Wildman–Crippen LogP) is 4.15. The zero-order valence-corrected chi connectivity index (χ0v) is 12.7. The van der Waals surface area contributed by atoms with Gasteiger partial charge in [0.25, 0.3) is 5.69 Å². The lowest BCUT2D eigenvalue weighted by Crippen LogP contribution is -2.08. The minimum Gasteiger partial charge on any atom is -0.377 e. The van der Waals surface area contributed by atoms with Gasteiger partial charge in [-0.2, -0.15) is 0 Å². The van der Waals surface area contributed by atoms with E-state index in [-0.39, 0.29) is 16.7 Å². The van der Waals surface area contributed by atoms with E-state index in [4.69, 9.17) is 0 Å². The number of aromatic nitrogens is 1. The molecule has 0 fully saturated rings. The Hall–Kier alpha value is -1.95. The lowest BCUT2D eigenvalue weighted by Gasteiger charge is -2.16. The summed E-state index contributed by atoms with van der Waals surface area (Å²) in [6.45, 7) is 7.71. The van der Waals surface area contributed by atoms with E-state index in [1.54, 1.807) is 24.3 Å². The first-order chi connectivity index (χ1) is 9.40. The molecule has 6 heteroatoms. The van der Waals surface area contributed by atoms with Gasteiger partial charge in [0.1, 0.15) is 0 Å². The summed E-state index contributed by atoms with van der Waals surface area (Å²) in [5.74, 6) is 0. The topological polar surface area (TPSA) is 68.1 Å². The van der Waals surface area contributed by atoms with E-state index in [2.05, 4.69) is 10.3 Å². The van der Waals surface area contributed by atoms with E-state index in [1.807, 2.05) is 32.3 Å². The highest BCUT2D eigenvalue weighted by Crippen LogP contribution is 2.30. The summed E-state index contributed by atoms with van der Waals surface area (Å²) < 4.78 is 0. The molecule has 2 aromatic rings. The highest BCUT2D eigenvalue weighted by molar-refractivity contribution is 7.09. The first kappa shape index (κ1) is 14.5. The molecule has 0 amide bonds. The van der Waals surface area contributed by atoms with E-state index < -0.39 is 0 Å². The van der Waals surface area contributed by atoms with Crippen molar-refractivity contribution in [2.24, 2.45) is 0 Å². The number of rotatable bonds is 4. The summed E-state index contributed by atoms with van der Waals surface area (Å²) in [6.07, 6.45) is 0. The summed E-state index contributed by atoms with van der Waals surface area (Å²) in [5, 5.41) is 14.4. The van der Waals surface area contributed by atoms with Crippen molar-refractivity contribution in [1.82, 2.24) is 4.98 Å². The van der Waals surface area contributed by atoms with Gasteiger partial charge in [-0.3, -0.25) is 10.1 Å². The van der Waals surface area contributed by atoms with Crippen LogP contribution in [0.1, 0.15) is 34.7 Å². The lowest BCUT2D eigenvalue weighted by molar-refractivity contribution is -0.385. The Balaban J connectivity index is 2.32. The number of hydrogen-bond donors (Lipinski definition) is 1. The number of nitro groups is 1. The van der Waals surface area contributed by atoms with Gasteiger partial charge in [0.15, 0.2) is 0 Å². The zero-order valence-electron chi connectivity index (χ0n) is 11.9. The lowest BCUT2D eigenvalue weighted by atomic mass is 10.1. The second-order valence-corrected chi connectivity index (χ2v) is 5.77. The van der Waals surface area contributed by atoms with Crippen LogP contribution in [0.4, 0.5) is 11.4 Å². The van der Waals surface area contributed by atoms with Crippen LogP contribution in [0.5, 0.6) is 0 Å². The molecular formula is C14H17N3O2S. The van der Waals surface area contributed by atoms with E-state index >= 15 is 0 Å². The molecule has 106 valence electrons. The third-order valence-corrected chi connectivity index (χ3v) is 4.40. The van der Waals surface area contributed by atoms with Gasteiger partial charge in [-0.1, -0.05) is 0 Å². The van der Waals surface area contributed by atoms with Crippen molar-refractivity contribution in [1.29, 1.82) is 0 Å². The van der Waals surface area contributed by atoms with Gasteiger partial charge < -0.3 is 5.32 Å². The molecule has 0 radical (unpaired) electrons. The highest BCUT2D eigenvalue weighted by Gasteiger charge is 2.16. The third-order valence-electron chi connectivity index (χ3n) is 3.29. The van der Waals surface area contributed by atoms with Gasteiger partial charge in [-0.25, -0.2) is 4.98 Å². The maximum Gasteiger partial charge on any atom is 0.274 e. The molecule has 1 atom stereocenters. The maximum atomic E-state index is 11.0. The standard InChI is InChI=1S/C14H17N3O2S/c1-8-5-9(2)13(17(18)19)6-12(8)16-11(4)14-10(3)15-7-20-14/h5-7,11,16H,1-4H3. The van der Waals surface area contributed by atoms with E-state index in [0.717, 1.165) is 21.8 Å². The first-order valence-electron chi connectivity index (χ1n) is 6.32. The molecule has 5 nitrogen and oxygen atoms in total. The summed E-state index contributed by atoms with van der Waals surface area (Å²) in [5.41, 5.74) is 5.43. The highest BCUT2D eigenvalue weighted by atomic mass is 32.1. The molecule has 2 rings (SSSR count). The van der Waals surface area contributed by atoms with Crippen LogP contribution in [0.2, 0.25) is 0 Å². The van der Waals surface area contributed by atoms with E-state index in [0.29, 0.717) is 5.56 Å². The Morgan fingerprint density at radius 1 is 1.30 bits per heavy atom. The Bertz CT molecular complexity index is 652. The molecule has 1 unspecified atom stereocenters. The van der Waals surface area contributed by atoms with Gasteiger partial charge in [0, 0.05) is 22.2 Å². The number of nitrogens with one attached hydrogen (secondary N) is 1. The summed E-state index contributed by atoms with van der Waals surface area (Å²) in [6, 6.07) is 3.52. The Labute approximate surface area is 121 Å². The van der Waals surface area contributed by atoms with Crippen molar-refractivity contribution in [3.63, 3.8) is 0 Å². The monoisotopic (exact) mass is 291 g/mol. The van der Waals surface area contributed by atoms with Crippen molar-refractivity contribution in [3.05, 3.63) is 49.5 Å². The minimum absolute atomic E-state index is 0.0727. The number of benzene rings is 1. The summed E-state index contributed by atoms with van der Waals surface area (Å²) in [4.78, 5) is 16.1. The van der Waals surface area contributed by atoms with Crippen LogP contribution >= 0.6 is 11.3 Å². The Morgan fingerprint density at radius 2 is 2.00 bits per heavy atom. The second-order valence-electron chi connectivity index (χ2n) is 4.88. The van der Waals surface area contributed by atoms with Crippen molar-refractivity contribution in [2.75, 3.05) is 5.32 Å². The van der Waals surface area contributed by atoms with Crippen LogP contribution < -0.4 is 5.32 Å². The predicted molar refractivity (Wildman–Crippen MR) is 81.5 cm³/mol. The van der Waals surface area contributed by atoms with E-state index in [1.165, 1.54) is 0 Å². The van der Waals surface area contributed by atoms with Crippen LogP contribution in [-0.2, 0) is 0 Å². The molecule has 1 aromatic heterocycles. The fourth-order valence-corrected chi connectivity index (χ4v) is 3.03. The van der Waals surface area contributed by atoms with Gasteiger partial charge >= 0.3 is 0 Å². The third kappa shape index (κ3) is 2.80. The fourth-order valence-electron chi connectivity index (χ4n) is 2.22. The normalized spacial score (nSPS) is 12.2. The quantitative estimate of drug-likeness (QED) is 0.678. The molecule has 0 spiro atoms. The minimum atomic E-state index is -0.345. The van der Waals surface area contributed by atoms with Gasteiger partial charge in [-0.05, 0) is 39.3 Å². The van der Waals surface area contributed by atoms with Gasteiger partial charge in [0.2, 0.25) is 0 Å². The van der Waals surface area contributed by atoms with Crippen LogP contribution in [0.25, 0.3) is 0 Å². The Kier molecular flexibility index (Phi) is 4.04. The Morgan fingerprint density at radius 3 is 2.55 bits per heavy atom. The number of nitrogens with zero attached hydrogens (tertiary/aromatic N) is 2. The smallest absolute Gasteiger partial charge is 0.274 e. The van der Waals surface area contributed by atoms with Crippen molar-refractivity contribution < 1.29 is 4.92 Å². The molecular weight excluding hydrogens is 274 g/mol. The van der Waals surface area contributed by atoms with Gasteiger partial charge in [-0.15, -0.1) is 11.3 Å². The van der Waals surface area contributed by atoms with E-state index in [9.17, 15) is 10.1 Å². The largest absolute Gasteiger partial charge is 0.377 e. The van der Waals surface area contributed by atoms with Crippen LogP contribution in [0, 0.1) is 30.9 Å². The second kappa shape index (κ2) is 5.58. The molecule has 0 bridgehead atoms. The zero-order chi connectivity index (χ0) is 14.9. The number of anilines is 1. The van der Waals surface area contributed by atoms with Crippen molar-refractivity contribution in [3.8, 4) is 0 Å². The molecule has 1 heterocycles. The molecule has 0 aliphatic rings.